The van der Waals surface area contributed by atoms with Crippen LogP contribution < -0.4 is 16.0 Å². The average molecular weight is 559 g/mol. The second-order valence-corrected chi connectivity index (χ2v) is 13.5. The molecule has 2 aliphatic rings. The van der Waals surface area contributed by atoms with Crippen LogP contribution in [0.3, 0.4) is 0 Å². The van der Waals surface area contributed by atoms with Crippen molar-refractivity contribution >= 4 is 51.6 Å². The second-order valence-electron chi connectivity index (χ2n) is 10.9. The first-order chi connectivity index (χ1) is 17.4. The van der Waals surface area contributed by atoms with Crippen molar-refractivity contribution in [2.75, 3.05) is 31.6 Å². The highest BCUT2D eigenvalue weighted by molar-refractivity contribution is 8.76. The van der Waals surface area contributed by atoms with E-state index in [1.54, 1.807) is 11.9 Å². The van der Waals surface area contributed by atoms with Crippen LogP contribution in [0, 0.1) is 10.8 Å². The van der Waals surface area contributed by atoms with Crippen LogP contribution in [0.15, 0.2) is 0 Å². The molecule has 0 spiro atoms. The number of hydrogen-bond acceptors (Lipinski definition) is 8. The number of aliphatic carboxylic acids is 1. The third-order valence-electron chi connectivity index (χ3n) is 7.06. The van der Waals surface area contributed by atoms with Gasteiger partial charge in [-0.05, 0) is 39.2 Å². The van der Waals surface area contributed by atoms with Gasteiger partial charge in [0.1, 0.15) is 24.4 Å². The molecule has 10 nitrogen and oxygen atoms in total. The fourth-order valence-electron chi connectivity index (χ4n) is 4.74. The molecule has 1 aliphatic heterocycles. The van der Waals surface area contributed by atoms with Crippen LogP contribution in [0.4, 0.5) is 0 Å². The van der Waals surface area contributed by atoms with Crippen molar-refractivity contribution < 1.29 is 29.1 Å². The minimum Gasteiger partial charge on any atom is -0.480 e. The van der Waals surface area contributed by atoms with E-state index >= 15 is 0 Å². The Morgan fingerprint density at radius 3 is 2.24 bits per heavy atom. The lowest BCUT2D eigenvalue weighted by Gasteiger charge is -2.31. The molecule has 4 N–H and O–H groups in total. The van der Waals surface area contributed by atoms with Crippen molar-refractivity contribution in [3.05, 3.63) is 0 Å². The standard InChI is InChI=1S/C25H42N4O6S2/c1-24(2,3)23(35)29-13-7-8-19(29)21(32)28-17(14-36-37-15-18(26-4)22(33)34)20(31)27-12-11-25(16-30)9-5-6-10-25/h16-19,26H,5-15H2,1-4H3,(H,27,31)(H,28,32)(H,33,34). The first-order valence-corrected chi connectivity index (χ1v) is 15.4. The van der Waals surface area contributed by atoms with E-state index in [9.17, 15) is 29.1 Å². The number of nitrogens with one attached hydrogen (secondary N) is 3. The third-order valence-corrected chi connectivity index (χ3v) is 9.48. The molecule has 0 aromatic rings. The van der Waals surface area contributed by atoms with E-state index in [-0.39, 0.29) is 34.6 Å². The molecule has 0 aromatic heterocycles. The number of nitrogens with zero attached hydrogens (tertiary/aromatic N) is 1. The van der Waals surface area contributed by atoms with Crippen LogP contribution >= 0.6 is 21.6 Å². The number of likely N-dealkylation sites (tertiary alicyclic amines) is 1. The van der Waals surface area contributed by atoms with Crippen molar-refractivity contribution in [2.24, 2.45) is 10.8 Å². The monoisotopic (exact) mass is 558 g/mol. The fraction of sp³-hybridized carbons (Fsp3) is 0.800. The van der Waals surface area contributed by atoms with Crippen molar-refractivity contribution in [3.63, 3.8) is 0 Å². The van der Waals surface area contributed by atoms with E-state index in [0.717, 1.165) is 38.4 Å². The summed E-state index contributed by atoms with van der Waals surface area (Å²) < 4.78 is 0. The lowest BCUT2D eigenvalue weighted by atomic mass is 9.84. The van der Waals surface area contributed by atoms with Gasteiger partial charge in [0.15, 0.2) is 0 Å². The van der Waals surface area contributed by atoms with Gasteiger partial charge in [-0.15, -0.1) is 0 Å². The maximum Gasteiger partial charge on any atom is 0.321 e. The molecule has 3 atom stereocenters. The Hall–Kier alpha value is -1.79. The second kappa shape index (κ2) is 14.4. The van der Waals surface area contributed by atoms with Crippen LogP contribution in [0.1, 0.15) is 65.7 Å². The van der Waals surface area contributed by atoms with Crippen molar-refractivity contribution in [1.82, 2.24) is 20.9 Å². The lowest BCUT2D eigenvalue weighted by Crippen LogP contribution is -2.55. The lowest BCUT2D eigenvalue weighted by molar-refractivity contribution is -0.145. The van der Waals surface area contributed by atoms with Gasteiger partial charge in [-0.25, -0.2) is 0 Å². The van der Waals surface area contributed by atoms with Gasteiger partial charge in [-0.1, -0.05) is 55.2 Å². The molecule has 3 unspecified atom stereocenters. The fourth-order valence-corrected chi connectivity index (χ4v) is 7.14. The number of rotatable bonds is 14. The highest BCUT2D eigenvalue weighted by Crippen LogP contribution is 2.38. The zero-order chi connectivity index (χ0) is 27.6. The maximum atomic E-state index is 13.2. The average Bonchev–Trinajstić information content (AvgIpc) is 3.52. The quantitative estimate of drug-likeness (QED) is 0.143. The molecule has 3 amide bonds. The van der Waals surface area contributed by atoms with Gasteiger partial charge >= 0.3 is 5.97 Å². The number of carboxylic acids is 1. The summed E-state index contributed by atoms with van der Waals surface area (Å²) in [5.41, 5.74) is -0.998. The van der Waals surface area contributed by atoms with Crippen LogP contribution in [-0.4, -0.2) is 89.8 Å². The minimum absolute atomic E-state index is 0.0985. The van der Waals surface area contributed by atoms with Crippen LogP contribution in [0.5, 0.6) is 0 Å². The molecule has 0 radical (unpaired) electrons. The Balaban J connectivity index is 2.02. The summed E-state index contributed by atoms with van der Waals surface area (Å²) in [6, 6.07) is -2.20. The highest BCUT2D eigenvalue weighted by Gasteiger charge is 2.40. The normalized spacial score (nSPS) is 20.8. The maximum absolute atomic E-state index is 13.2. The van der Waals surface area contributed by atoms with Crippen LogP contribution in [0.2, 0.25) is 0 Å². The molecule has 1 saturated heterocycles. The number of likely N-dealkylation sites (N-methyl/N-ethyl adjacent to an activating group) is 1. The predicted octanol–water partition coefficient (Wildman–Crippen LogP) is 1.83. The van der Waals surface area contributed by atoms with E-state index in [2.05, 4.69) is 16.0 Å². The summed E-state index contributed by atoms with van der Waals surface area (Å²) in [7, 11) is 4.19. The summed E-state index contributed by atoms with van der Waals surface area (Å²) in [4.78, 5) is 63.7. The van der Waals surface area contributed by atoms with Crippen LogP contribution in [-0.2, 0) is 24.0 Å². The molecule has 1 saturated carbocycles. The number of carboxylic acid groups (broad SMARTS) is 1. The summed E-state index contributed by atoms with van der Waals surface area (Å²) in [6.07, 6.45) is 6.50. The van der Waals surface area contributed by atoms with E-state index in [4.69, 9.17) is 0 Å². The molecule has 37 heavy (non-hydrogen) atoms. The van der Waals surface area contributed by atoms with Gasteiger partial charge in [-0.3, -0.25) is 19.2 Å². The Morgan fingerprint density at radius 1 is 1.08 bits per heavy atom. The molecular formula is C25H42N4O6S2. The van der Waals surface area contributed by atoms with Gasteiger partial charge in [0.2, 0.25) is 17.7 Å². The van der Waals surface area contributed by atoms with Crippen molar-refractivity contribution in [3.8, 4) is 0 Å². The van der Waals surface area contributed by atoms with Gasteiger partial charge in [0.05, 0.1) is 0 Å². The molecular weight excluding hydrogens is 516 g/mol. The molecule has 12 heteroatoms. The molecule has 210 valence electrons. The van der Waals surface area contributed by atoms with E-state index < -0.39 is 29.5 Å². The first-order valence-electron chi connectivity index (χ1n) is 12.9. The van der Waals surface area contributed by atoms with Gasteiger partial charge in [0.25, 0.3) is 0 Å². The molecule has 1 aliphatic carbocycles. The number of carbonyl (C=O) groups excluding carboxylic acids is 4. The molecule has 2 rings (SSSR count). The van der Waals surface area contributed by atoms with Crippen molar-refractivity contribution in [1.29, 1.82) is 0 Å². The minimum atomic E-state index is -0.959. The summed E-state index contributed by atoms with van der Waals surface area (Å²) in [6.45, 7) is 6.29. The summed E-state index contributed by atoms with van der Waals surface area (Å²) >= 11 is 0. The topological polar surface area (TPSA) is 145 Å². The zero-order valence-electron chi connectivity index (χ0n) is 22.3. The molecule has 0 bridgehead atoms. The highest BCUT2D eigenvalue weighted by atomic mass is 33.1. The summed E-state index contributed by atoms with van der Waals surface area (Å²) in [5.74, 6) is -1.25. The smallest absolute Gasteiger partial charge is 0.321 e. The number of aldehydes is 1. The Kier molecular flexibility index (Phi) is 12.2. The van der Waals surface area contributed by atoms with E-state index in [0.29, 0.717) is 25.9 Å². The predicted molar refractivity (Wildman–Crippen MR) is 146 cm³/mol. The van der Waals surface area contributed by atoms with E-state index in [1.807, 2.05) is 20.8 Å². The molecule has 1 heterocycles. The molecule has 0 aromatic carbocycles. The number of carbonyl (C=O) groups is 5. The SMILES string of the molecule is CNC(CSSCC(NC(=O)C1CCCN1C(=O)C(C)(C)C)C(=O)NCCC1(C=O)CCCC1)C(=O)O. The number of amides is 3. The van der Waals surface area contributed by atoms with E-state index in [1.165, 1.54) is 21.6 Å². The number of hydrogen-bond donors (Lipinski definition) is 4. The summed E-state index contributed by atoms with van der Waals surface area (Å²) in [5, 5.41) is 17.6. The third kappa shape index (κ3) is 9.17. The van der Waals surface area contributed by atoms with Gasteiger partial charge in [0, 0.05) is 35.4 Å². The van der Waals surface area contributed by atoms with Crippen molar-refractivity contribution in [2.45, 2.75) is 83.8 Å². The Labute approximate surface area is 227 Å². The van der Waals surface area contributed by atoms with Gasteiger partial charge < -0.3 is 30.8 Å². The molecule has 2 fully saturated rings. The van der Waals surface area contributed by atoms with Crippen LogP contribution in [0.25, 0.3) is 0 Å². The largest absolute Gasteiger partial charge is 0.480 e. The zero-order valence-corrected chi connectivity index (χ0v) is 24.0. The van der Waals surface area contributed by atoms with Gasteiger partial charge in [-0.2, -0.15) is 0 Å². The Morgan fingerprint density at radius 2 is 1.70 bits per heavy atom. The Bertz CT molecular complexity index is 828. The first kappa shape index (κ1) is 31.4.